The average Bonchev–Trinajstić information content (AvgIpc) is 2.93. The molecule has 1 aromatic heterocycles. The Hall–Kier alpha value is -2.41. The van der Waals surface area contributed by atoms with Gasteiger partial charge in [0.25, 0.3) is 0 Å². The maximum Gasteiger partial charge on any atom is 0.319 e. The van der Waals surface area contributed by atoms with E-state index in [1.54, 1.807) is 0 Å². The van der Waals surface area contributed by atoms with Crippen LogP contribution in [-0.2, 0) is 13.0 Å². The molecule has 0 fully saturated rings. The molecule has 1 aromatic carbocycles. The number of rotatable bonds is 5. The molecular weight excluding hydrogens is 244 g/mol. The summed E-state index contributed by atoms with van der Waals surface area (Å²) < 4.78 is 0. The molecule has 0 aliphatic heterocycles. The summed E-state index contributed by atoms with van der Waals surface area (Å²) in [5.41, 5.74) is 7.25. The second kappa shape index (κ2) is 6.50. The van der Waals surface area contributed by atoms with E-state index in [1.807, 2.05) is 24.3 Å². The fourth-order valence-electron chi connectivity index (χ4n) is 1.55. The van der Waals surface area contributed by atoms with Gasteiger partial charge in [-0.05, 0) is 17.7 Å². The first-order valence-electron chi connectivity index (χ1n) is 5.96. The van der Waals surface area contributed by atoms with Crippen LogP contribution in [0.3, 0.4) is 0 Å². The van der Waals surface area contributed by atoms with E-state index < -0.39 is 0 Å². The van der Waals surface area contributed by atoms with Crippen molar-refractivity contribution in [1.82, 2.24) is 20.5 Å². The third kappa shape index (κ3) is 4.07. The van der Waals surface area contributed by atoms with Crippen LogP contribution in [0.5, 0.6) is 0 Å². The summed E-state index contributed by atoms with van der Waals surface area (Å²) in [6.45, 7) is 0.978. The molecule has 2 rings (SSSR count). The van der Waals surface area contributed by atoms with E-state index in [0.29, 0.717) is 19.5 Å². The second-order valence-electron chi connectivity index (χ2n) is 3.96. The number of nitrogens with zero attached hydrogens (tertiary/aromatic N) is 2. The molecule has 0 saturated carbocycles. The third-order valence-electron chi connectivity index (χ3n) is 2.56. The first-order chi connectivity index (χ1) is 9.28. The zero-order chi connectivity index (χ0) is 13.5. The van der Waals surface area contributed by atoms with Crippen molar-refractivity contribution in [3.63, 3.8) is 0 Å². The van der Waals surface area contributed by atoms with Crippen molar-refractivity contribution in [1.29, 1.82) is 0 Å². The van der Waals surface area contributed by atoms with Crippen molar-refractivity contribution < 1.29 is 4.79 Å². The number of anilines is 1. The highest BCUT2D eigenvalue weighted by Gasteiger charge is 2.02. The Balaban J connectivity index is 1.74. The molecule has 0 bridgehead atoms. The van der Waals surface area contributed by atoms with E-state index in [4.69, 9.17) is 5.73 Å². The maximum atomic E-state index is 11.6. The van der Waals surface area contributed by atoms with Crippen LogP contribution in [0.2, 0.25) is 0 Å². The van der Waals surface area contributed by atoms with Gasteiger partial charge in [-0.15, -0.1) is 0 Å². The van der Waals surface area contributed by atoms with Crippen LogP contribution in [0.25, 0.3) is 0 Å². The highest BCUT2D eigenvalue weighted by atomic mass is 16.2. The molecule has 0 atom stereocenters. The third-order valence-corrected chi connectivity index (χ3v) is 2.56. The van der Waals surface area contributed by atoms with Gasteiger partial charge in [0, 0.05) is 25.2 Å². The number of H-pyrrole nitrogens is 1. The number of aromatic nitrogens is 3. The lowest BCUT2D eigenvalue weighted by atomic mass is 10.2. The predicted molar refractivity (Wildman–Crippen MR) is 71.4 cm³/mol. The molecule has 19 heavy (non-hydrogen) atoms. The minimum Gasteiger partial charge on any atom is -0.337 e. The molecule has 2 amide bonds. The van der Waals surface area contributed by atoms with Gasteiger partial charge in [0.15, 0.2) is 0 Å². The van der Waals surface area contributed by atoms with Crippen LogP contribution in [0.15, 0.2) is 30.6 Å². The van der Waals surface area contributed by atoms with Crippen molar-refractivity contribution in [2.45, 2.75) is 13.0 Å². The lowest BCUT2D eigenvalue weighted by molar-refractivity contribution is 0.252. The summed E-state index contributed by atoms with van der Waals surface area (Å²) >= 11 is 0. The Bertz CT molecular complexity index is 508. The van der Waals surface area contributed by atoms with Crippen LogP contribution >= 0.6 is 0 Å². The van der Waals surface area contributed by atoms with E-state index >= 15 is 0 Å². The minimum absolute atomic E-state index is 0.250. The number of amides is 2. The molecule has 1 heterocycles. The smallest absolute Gasteiger partial charge is 0.319 e. The topological polar surface area (TPSA) is 109 Å². The number of nitrogens with one attached hydrogen (secondary N) is 3. The van der Waals surface area contributed by atoms with Crippen molar-refractivity contribution in [3.05, 3.63) is 42.0 Å². The van der Waals surface area contributed by atoms with E-state index in [0.717, 1.165) is 17.1 Å². The highest BCUT2D eigenvalue weighted by Crippen LogP contribution is 2.08. The predicted octanol–water partition coefficient (Wildman–Crippen LogP) is 0.628. The van der Waals surface area contributed by atoms with Crippen molar-refractivity contribution >= 4 is 11.7 Å². The Morgan fingerprint density at radius 3 is 2.74 bits per heavy atom. The molecular formula is C12H16N6O. The van der Waals surface area contributed by atoms with Gasteiger partial charge in [0.1, 0.15) is 12.2 Å². The second-order valence-corrected chi connectivity index (χ2v) is 3.96. The number of urea groups is 1. The zero-order valence-corrected chi connectivity index (χ0v) is 10.4. The molecule has 100 valence electrons. The Kier molecular flexibility index (Phi) is 4.46. The van der Waals surface area contributed by atoms with Gasteiger partial charge in [-0.3, -0.25) is 5.10 Å². The van der Waals surface area contributed by atoms with Gasteiger partial charge < -0.3 is 16.4 Å². The molecule has 7 heteroatoms. The largest absolute Gasteiger partial charge is 0.337 e. The normalized spacial score (nSPS) is 10.2. The van der Waals surface area contributed by atoms with E-state index in [-0.39, 0.29) is 6.03 Å². The number of hydrogen-bond donors (Lipinski definition) is 4. The van der Waals surface area contributed by atoms with Crippen LogP contribution in [0.1, 0.15) is 11.4 Å². The van der Waals surface area contributed by atoms with E-state index in [2.05, 4.69) is 25.8 Å². The van der Waals surface area contributed by atoms with Crippen LogP contribution in [-0.4, -0.2) is 27.8 Å². The summed E-state index contributed by atoms with van der Waals surface area (Å²) in [5, 5.41) is 11.9. The first kappa shape index (κ1) is 13.0. The van der Waals surface area contributed by atoms with Crippen molar-refractivity contribution in [3.8, 4) is 0 Å². The van der Waals surface area contributed by atoms with Gasteiger partial charge in [-0.25, -0.2) is 9.78 Å². The van der Waals surface area contributed by atoms with Gasteiger partial charge in [-0.2, -0.15) is 5.10 Å². The number of nitrogens with two attached hydrogens (primary N) is 1. The first-order valence-corrected chi connectivity index (χ1v) is 5.96. The van der Waals surface area contributed by atoms with Gasteiger partial charge in [0.05, 0.1) is 0 Å². The summed E-state index contributed by atoms with van der Waals surface area (Å²) in [4.78, 5) is 15.6. The fraction of sp³-hybridized carbons (Fsp3) is 0.250. The summed E-state index contributed by atoms with van der Waals surface area (Å²) in [6.07, 6.45) is 2.05. The van der Waals surface area contributed by atoms with Crippen LogP contribution < -0.4 is 16.4 Å². The number of benzene rings is 1. The standard InChI is InChI=1S/C12H16N6O/c13-7-9-1-3-10(4-2-9)17-12(19)14-6-5-11-15-8-16-18-11/h1-4,8H,5-7,13H2,(H2,14,17,19)(H,15,16,18). The lowest BCUT2D eigenvalue weighted by Gasteiger charge is -2.07. The Labute approximate surface area is 110 Å². The number of hydrogen-bond acceptors (Lipinski definition) is 4. The molecule has 5 N–H and O–H groups in total. The molecule has 0 aliphatic rings. The summed E-state index contributed by atoms with van der Waals surface area (Å²) in [6, 6.07) is 7.14. The van der Waals surface area contributed by atoms with Crippen molar-refractivity contribution in [2.24, 2.45) is 5.73 Å². The Morgan fingerprint density at radius 2 is 2.11 bits per heavy atom. The molecule has 0 saturated heterocycles. The summed E-state index contributed by atoms with van der Waals surface area (Å²) in [7, 11) is 0. The molecule has 0 aliphatic carbocycles. The molecule has 0 unspecified atom stereocenters. The van der Waals surface area contributed by atoms with E-state index in [1.165, 1.54) is 6.33 Å². The van der Waals surface area contributed by atoms with Crippen molar-refractivity contribution in [2.75, 3.05) is 11.9 Å². The lowest BCUT2D eigenvalue weighted by Crippen LogP contribution is -2.30. The van der Waals surface area contributed by atoms with Crippen LogP contribution in [0.4, 0.5) is 10.5 Å². The maximum absolute atomic E-state index is 11.6. The summed E-state index contributed by atoms with van der Waals surface area (Å²) in [5.74, 6) is 0.743. The van der Waals surface area contributed by atoms with Gasteiger partial charge >= 0.3 is 6.03 Å². The van der Waals surface area contributed by atoms with E-state index in [9.17, 15) is 4.79 Å². The number of carbonyl (C=O) groups excluding carboxylic acids is 1. The monoisotopic (exact) mass is 260 g/mol. The Morgan fingerprint density at radius 1 is 1.32 bits per heavy atom. The van der Waals surface area contributed by atoms with Gasteiger partial charge in [-0.1, -0.05) is 12.1 Å². The number of aromatic amines is 1. The van der Waals surface area contributed by atoms with Gasteiger partial charge in [0.2, 0.25) is 0 Å². The minimum atomic E-state index is -0.250. The molecule has 7 nitrogen and oxygen atoms in total. The molecule has 0 radical (unpaired) electrons. The zero-order valence-electron chi connectivity index (χ0n) is 10.4. The fourth-order valence-corrected chi connectivity index (χ4v) is 1.55. The average molecular weight is 260 g/mol. The molecule has 2 aromatic rings. The highest BCUT2D eigenvalue weighted by molar-refractivity contribution is 5.89. The molecule has 0 spiro atoms. The quantitative estimate of drug-likeness (QED) is 0.632. The number of carbonyl (C=O) groups is 1. The SMILES string of the molecule is NCc1ccc(NC(=O)NCCc2ncn[nH]2)cc1. The van der Waals surface area contributed by atoms with Crippen LogP contribution in [0, 0.1) is 0 Å².